The van der Waals surface area contributed by atoms with E-state index in [-0.39, 0.29) is 61.4 Å². The van der Waals surface area contributed by atoms with Gasteiger partial charge in [-0.25, -0.2) is 35.9 Å². The number of sulfonamides is 2. The molecule has 152 valence electrons. The first-order chi connectivity index (χ1) is 12.0. The van der Waals surface area contributed by atoms with E-state index in [0.29, 0.717) is 0 Å². The molecule has 0 bridgehead atoms. The van der Waals surface area contributed by atoms with E-state index in [2.05, 4.69) is 9.44 Å². The fourth-order valence-electron chi connectivity index (χ4n) is 1.96. The molecule has 0 aliphatic carbocycles. The van der Waals surface area contributed by atoms with Gasteiger partial charge in [0.1, 0.15) is 0 Å². The van der Waals surface area contributed by atoms with Gasteiger partial charge in [0.15, 0.2) is 0 Å². The van der Waals surface area contributed by atoms with Gasteiger partial charge in [-0.15, -0.1) is 0 Å². The van der Waals surface area contributed by atoms with Crippen LogP contribution in [0.3, 0.4) is 0 Å². The second kappa shape index (κ2) is 11.3. The van der Waals surface area contributed by atoms with Crippen molar-refractivity contribution in [2.45, 2.75) is 39.5 Å². The lowest BCUT2D eigenvalue weighted by Crippen LogP contribution is -2.27. The molecule has 0 heterocycles. The third kappa shape index (κ3) is 9.85. The maximum absolute atomic E-state index is 11.4. The molecule has 26 heavy (non-hydrogen) atoms. The fraction of sp³-hybridized carbons (Fsp3) is 0.714. The number of aliphatic carboxylic acids is 2. The van der Waals surface area contributed by atoms with E-state index in [9.17, 15) is 36.6 Å². The molecule has 0 aromatic rings. The lowest BCUT2D eigenvalue weighted by molar-refractivity contribution is -0.136. The summed E-state index contributed by atoms with van der Waals surface area (Å²) in [5, 5.41) is 18.5. The second-order valence-electron chi connectivity index (χ2n) is 5.37. The molecule has 10 nitrogen and oxygen atoms in total. The smallest absolute Gasteiger partial charge is 0.332 e. The van der Waals surface area contributed by atoms with Gasteiger partial charge >= 0.3 is 11.9 Å². The van der Waals surface area contributed by atoms with Crippen LogP contribution >= 0.6 is 0 Å². The predicted octanol–water partition coefficient (Wildman–Crippen LogP) is -0.109. The minimum Gasteiger partial charge on any atom is -0.478 e. The normalized spacial score (nSPS) is 13.3. The van der Waals surface area contributed by atoms with Crippen LogP contribution in [0, 0.1) is 0 Å². The highest BCUT2D eigenvalue weighted by molar-refractivity contribution is 7.89. The van der Waals surface area contributed by atoms with Crippen molar-refractivity contribution in [2.75, 3.05) is 24.6 Å². The molecule has 0 rings (SSSR count). The SMILES string of the molecule is CCS(=O)(=O)NCCC/C(C(=O)O)=C(/CCCNS(=O)(=O)CC)C(=O)O. The van der Waals surface area contributed by atoms with Gasteiger partial charge in [-0.3, -0.25) is 0 Å². The summed E-state index contributed by atoms with van der Waals surface area (Å²) in [6, 6.07) is 0. The maximum atomic E-state index is 11.4. The van der Waals surface area contributed by atoms with Gasteiger partial charge in [-0.1, -0.05) is 0 Å². The highest BCUT2D eigenvalue weighted by Crippen LogP contribution is 2.17. The van der Waals surface area contributed by atoms with Crippen LogP contribution in [-0.2, 0) is 29.6 Å². The second-order valence-corrected chi connectivity index (χ2v) is 9.56. The molecule has 0 aliphatic rings. The van der Waals surface area contributed by atoms with Crippen molar-refractivity contribution in [3.63, 3.8) is 0 Å². The number of rotatable bonds is 14. The van der Waals surface area contributed by atoms with Crippen molar-refractivity contribution in [1.82, 2.24) is 9.44 Å². The topological polar surface area (TPSA) is 167 Å². The predicted molar refractivity (Wildman–Crippen MR) is 95.7 cm³/mol. The average molecular weight is 415 g/mol. The Morgan fingerprint density at radius 3 is 1.27 bits per heavy atom. The summed E-state index contributed by atoms with van der Waals surface area (Å²) in [7, 11) is -6.81. The molecule has 0 aliphatic heterocycles. The van der Waals surface area contributed by atoms with Crippen LogP contribution < -0.4 is 9.44 Å². The van der Waals surface area contributed by atoms with E-state index in [1.807, 2.05) is 0 Å². The Morgan fingerprint density at radius 2 is 1.04 bits per heavy atom. The zero-order valence-corrected chi connectivity index (χ0v) is 16.5. The van der Waals surface area contributed by atoms with E-state index >= 15 is 0 Å². The fourth-order valence-corrected chi connectivity index (χ4v) is 3.28. The molecule has 0 saturated heterocycles. The lowest BCUT2D eigenvalue weighted by atomic mass is 9.99. The molecule has 12 heteroatoms. The minimum absolute atomic E-state index is 0.00382. The largest absolute Gasteiger partial charge is 0.478 e. The molecule has 0 unspecified atom stereocenters. The van der Waals surface area contributed by atoms with Crippen LogP contribution in [0.2, 0.25) is 0 Å². The third-order valence-electron chi connectivity index (χ3n) is 3.49. The summed E-state index contributed by atoms with van der Waals surface area (Å²) in [4.78, 5) is 22.7. The Balaban J connectivity index is 4.91. The number of hydrogen-bond acceptors (Lipinski definition) is 6. The molecule has 0 saturated carbocycles. The molecule has 0 amide bonds. The molecule has 4 N–H and O–H groups in total. The van der Waals surface area contributed by atoms with Crippen molar-refractivity contribution in [2.24, 2.45) is 0 Å². The van der Waals surface area contributed by atoms with Gasteiger partial charge in [0.25, 0.3) is 0 Å². The molecule has 0 radical (unpaired) electrons. The zero-order chi connectivity index (χ0) is 20.4. The summed E-state index contributed by atoms with van der Waals surface area (Å²) in [6.07, 6.45) is 0.00793. The standard InChI is InChI=1S/C14H26N2O8S2/c1-3-25(21,22)15-9-5-7-11(13(17)18)12(14(19)20)8-6-10-16-26(23,24)4-2/h15-16H,3-10H2,1-2H3,(H,17,18)(H,19,20)/b12-11+. The van der Waals surface area contributed by atoms with Gasteiger partial charge < -0.3 is 10.2 Å². The minimum atomic E-state index is -3.40. The van der Waals surface area contributed by atoms with Crippen LogP contribution in [0.25, 0.3) is 0 Å². The van der Waals surface area contributed by atoms with Gasteiger partial charge in [0, 0.05) is 24.2 Å². The molecular weight excluding hydrogens is 388 g/mol. The van der Waals surface area contributed by atoms with E-state index in [1.54, 1.807) is 0 Å². The molecule has 0 atom stereocenters. The summed E-state index contributed by atoms with van der Waals surface area (Å²) in [6.45, 7) is 2.91. The van der Waals surface area contributed by atoms with E-state index in [4.69, 9.17) is 0 Å². The Kier molecular flexibility index (Phi) is 10.6. The number of nitrogens with one attached hydrogen (secondary N) is 2. The molecular formula is C14H26N2O8S2. The van der Waals surface area contributed by atoms with E-state index in [1.165, 1.54) is 13.8 Å². The summed E-state index contributed by atoms with van der Waals surface area (Å²) in [5.41, 5.74) is -0.627. The van der Waals surface area contributed by atoms with Crippen molar-refractivity contribution in [3.05, 3.63) is 11.1 Å². The Hall–Kier alpha value is -1.50. The van der Waals surface area contributed by atoms with Crippen LogP contribution in [0.4, 0.5) is 0 Å². The Bertz CT molecular complexity index is 664. The van der Waals surface area contributed by atoms with Crippen LogP contribution in [-0.4, -0.2) is 63.6 Å². The summed E-state index contributed by atoms with van der Waals surface area (Å²) in [5.74, 6) is -3.00. The zero-order valence-electron chi connectivity index (χ0n) is 14.8. The number of hydrogen-bond donors (Lipinski definition) is 4. The van der Waals surface area contributed by atoms with Crippen LogP contribution in [0.1, 0.15) is 39.5 Å². The summed E-state index contributed by atoms with van der Waals surface area (Å²) < 4.78 is 49.8. The van der Waals surface area contributed by atoms with Gasteiger partial charge in [-0.2, -0.15) is 0 Å². The van der Waals surface area contributed by atoms with E-state index in [0.717, 1.165) is 0 Å². The Morgan fingerprint density at radius 1 is 0.731 bits per heavy atom. The number of carboxylic acids is 2. The molecule has 0 aromatic heterocycles. The van der Waals surface area contributed by atoms with Gasteiger partial charge in [0.2, 0.25) is 20.0 Å². The van der Waals surface area contributed by atoms with Gasteiger partial charge in [-0.05, 0) is 39.5 Å². The Labute approximate surface area is 153 Å². The number of carbonyl (C=O) groups is 2. The molecule has 0 spiro atoms. The first kappa shape index (κ1) is 24.5. The lowest BCUT2D eigenvalue weighted by Gasteiger charge is -2.10. The molecule has 0 aromatic carbocycles. The quantitative estimate of drug-likeness (QED) is 0.226. The molecule has 0 fully saturated rings. The van der Waals surface area contributed by atoms with Crippen molar-refractivity contribution < 1.29 is 36.6 Å². The highest BCUT2D eigenvalue weighted by Gasteiger charge is 2.20. The highest BCUT2D eigenvalue weighted by atomic mass is 32.2. The average Bonchev–Trinajstić information content (AvgIpc) is 2.55. The van der Waals surface area contributed by atoms with E-state index < -0.39 is 32.0 Å². The van der Waals surface area contributed by atoms with Crippen molar-refractivity contribution in [1.29, 1.82) is 0 Å². The summed E-state index contributed by atoms with van der Waals surface area (Å²) >= 11 is 0. The van der Waals surface area contributed by atoms with Crippen molar-refractivity contribution in [3.8, 4) is 0 Å². The number of carboxylic acid groups (broad SMARTS) is 2. The van der Waals surface area contributed by atoms with Crippen LogP contribution in [0.5, 0.6) is 0 Å². The van der Waals surface area contributed by atoms with Crippen molar-refractivity contribution >= 4 is 32.0 Å². The monoisotopic (exact) mass is 414 g/mol. The maximum Gasteiger partial charge on any atom is 0.332 e. The first-order valence-electron chi connectivity index (χ1n) is 8.09. The van der Waals surface area contributed by atoms with Gasteiger partial charge in [0.05, 0.1) is 11.5 Å². The third-order valence-corrected chi connectivity index (χ3v) is 6.30. The van der Waals surface area contributed by atoms with Crippen LogP contribution in [0.15, 0.2) is 11.1 Å². The first-order valence-corrected chi connectivity index (χ1v) is 11.4.